The Morgan fingerprint density at radius 3 is 2.41 bits per heavy atom. The third-order valence-electron chi connectivity index (χ3n) is 6.01. The van der Waals surface area contributed by atoms with E-state index < -0.39 is 5.97 Å². The highest BCUT2D eigenvalue weighted by Crippen LogP contribution is 2.30. The Morgan fingerprint density at radius 1 is 1.00 bits per heavy atom. The summed E-state index contributed by atoms with van der Waals surface area (Å²) in [5.74, 6) is 0.168. The summed E-state index contributed by atoms with van der Waals surface area (Å²) in [6.07, 6.45) is 0. The molecule has 0 radical (unpaired) electrons. The number of carbonyl (C=O) groups is 2. The number of hydrogen-bond acceptors (Lipinski definition) is 6. The summed E-state index contributed by atoms with van der Waals surface area (Å²) in [5, 5.41) is 3.73. The van der Waals surface area contributed by atoms with Crippen molar-refractivity contribution in [2.75, 3.05) is 50.6 Å². The van der Waals surface area contributed by atoms with Gasteiger partial charge in [0.05, 0.1) is 31.6 Å². The van der Waals surface area contributed by atoms with Gasteiger partial charge in [-0.05, 0) is 25.1 Å². The molecule has 168 valence electrons. The van der Waals surface area contributed by atoms with Crippen LogP contribution >= 0.6 is 0 Å². The average molecular weight is 437 g/mol. The number of amides is 1. The molecule has 1 atom stereocenters. The molecule has 3 aromatic rings. The Morgan fingerprint density at radius 2 is 1.69 bits per heavy atom. The predicted molar refractivity (Wildman–Crippen MR) is 125 cm³/mol. The second-order valence-corrected chi connectivity index (χ2v) is 7.77. The highest BCUT2D eigenvalue weighted by Gasteiger charge is 2.28. The number of nitrogens with zero attached hydrogens (tertiary/aromatic N) is 2. The summed E-state index contributed by atoms with van der Waals surface area (Å²) < 4.78 is 10.4. The van der Waals surface area contributed by atoms with Gasteiger partial charge in [-0.2, -0.15) is 0 Å². The maximum absolute atomic E-state index is 13.1. The van der Waals surface area contributed by atoms with Crippen LogP contribution in [-0.4, -0.2) is 68.2 Å². The van der Waals surface area contributed by atoms with Crippen LogP contribution < -0.4 is 15.0 Å². The number of methoxy groups -OCH3 is 2. The number of rotatable bonds is 6. The van der Waals surface area contributed by atoms with E-state index in [4.69, 9.17) is 9.47 Å². The first kappa shape index (κ1) is 21.7. The molecule has 1 aromatic heterocycles. The molecule has 2 aromatic carbocycles. The van der Waals surface area contributed by atoms with Gasteiger partial charge in [-0.1, -0.05) is 30.3 Å². The Balaban J connectivity index is 1.46. The normalized spacial score (nSPS) is 15.4. The van der Waals surface area contributed by atoms with E-state index in [1.54, 1.807) is 7.11 Å². The number of fused-ring (bicyclic) bond motifs is 1. The van der Waals surface area contributed by atoms with Crippen molar-refractivity contribution in [2.24, 2.45) is 0 Å². The van der Waals surface area contributed by atoms with Crippen LogP contribution in [0, 0.1) is 0 Å². The maximum atomic E-state index is 13.1. The molecular weight excluding hydrogens is 408 g/mol. The second kappa shape index (κ2) is 9.32. The average Bonchev–Trinajstić information content (AvgIpc) is 3.21. The van der Waals surface area contributed by atoms with Crippen LogP contribution in [-0.2, 0) is 9.53 Å². The lowest BCUT2D eigenvalue weighted by molar-refractivity contribution is -0.120. The van der Waals surface area contributed by atoms with Crippen LogP contribution in [0.5, 0.6) is 5.75 Å². The van der Waals surface area contributed by atoms with E-state index in [2.05, 4.69) is 26.2 Å². The van der Waals surface area contributed by atoms with Crippen molar-refractivity contribution in [3.63, 3.8) is 0 Å². The number of aromatic nitrogens is 1. The van der Waals surface area contributed by atoms with Gasteiger partial charge in [0.2, 0.25) is 5.91 Å². The Bertz CT molecular complexity index is 1120. The lowest BCUT2D eigenvalue weighted by Crippen LogP contribution is -2.53. The number of carbonyl (C=O) groups excluding carboxylic acids is 2. The van der Waals surface area contributed by atoms with Crippen LogP contribution in [0.4, 0.5) is 11.4 Å². The highest BCUT2D eigenvalue weighted by molar-refractivity contribution is 6.11. The molecule has 1 unspecified atom stereocenters. The van der Waals surface area contributed by atoms with Crippen molar-refractivity contribution in [3.8, 4) is 5.75 Å². The van der Waals surface area contributed by atoms with Gasteiger partial charge in [-0.25, -0.2) is 4.79 Å². The standard InChI is InChI=1S/C24H28N4O4/c1-16(27-12-14-28(15-13-27)19-10-6-7-11-20(19)31-2)23(29)26-21-17-8-4-5-9-18(17)25-22(21)24(30)32-3/h4-11,16,25H,12-15H2,1-3H3,(H,26,29). The third-order valence-corrected chi connectivity index (χ3v) is 6.01. The van der Waals surface area contributed by atoms with E-state index in [1.807, 2.05) is 49.4 Å². The van der Waals surface area contributed by atoms with E-state index in [0.717, 1.165) is 48.5 Å². The number of hydrogen-bond donors (Lipinski definition) is 2. The molecule has 1 fully saturated rings. The molecule has 8 heteroatoms. The van der Waals surface area contributed by atoms with Crippen molar-refractivity contribution >= 4 is 34.2 Å². The molecule has 2 N–H and O–H groups in total. The number of H-pyrrole nitrogens is 1. The zero-order valence-electron chi connectivity index (χ0n) is 18.6. The Kier molecular flexibility index (Phi) is 6.32. The molecule has 1 aliphatic heterocycles. The van der Waals surface area contributed by atoms with Crippen molar-refractivity contribution < 1.29 is 19.1 Å². The molecule has 0 aliphatic carbocycles. The van der Waals surface area contributed by atoms with Gasteiger partial charge in [-0.15, -0.1) is 0 Å². The smallest absolute Gasteiger partial charge is 0.356 e. The fourth-order valence-corrected chi connectivity index (χ4v) is 4.16. The minimum absolute atomic E-state index is 0.161. The number of esters is 1. The monoisotopic (exact) mass is 436 g/mol. The van der Waals surface area contributed by atoms with Gasteiger partial charge in [0.1, 0.15) is 11.4 Å². The number of benzene rings is 2. The van der Waals surface area contributed by atoms with E-state index >= 15 is 0 Å². The topological polar surface area (TPSA) is 86.9 Å². The van der Waals surface area contributed by atoms with Crippen molar-refractivity contribution in [1.29, 1.82) is 0 Å². The summed E-state index contributed by atoms with van der Waals surface area (Å²) in [6.45, 7) is 4.95. The van der Waals surface area contributed by atoms with Gasteiger partial charge in [0.25, 0.3) is 0 Å². The SMILES string of the molecule is COC(=O)c1[nH]c2ccccc2c1NC(=O)C(C)N1CCN(c2ccccc2OC)CC1. The number of nitrogens with one attached hydrogen (secondary N) is 2. The Labute approximate surface area is 187 Å². The van der Waals surface area contributed by atoms with Crippen LogP contribution in [0.25, 0.3) is 10.9 Å². The van der Waals surface area contributed by atoms with Gasteiger partial charge in [0, 0.05) is 37.1 Å². The fraction of sp³-hybridized carbons (Fsp3) is 0.333. The van der Waals surface area contributed by atoms with E-state index in [1.165, 1.54) is 7.11 Å². The summed E-state index contributed by atoms with van der Waals surface area (Å²) >= 11 is 0. The zero-order valence-corrected chi connectivity index (χ0v) is 18.6. The van der Waals surface area contributed by atoms with Crippen molar-refractivity contribution in [3.05, 3.63) is 54.2 Å². The summed E-state index contributed by atoms with van der Waals surface area (Å²) in [7, 11) is 3.00. The summed E-state index contributed by atoms with van der Waals surface area (Å²) in [4.78, 5) is 32.8. The minimum Gasteiger partial charge on any atom is -0.495 e. The largest absolute Gasteiger partial charge is 0.495 e. The molecule has 4 rings (SSSR count). The summed E-state index contributed by atoms with van der Waals surface area (Å²) in [5.41, 5.74) is 2.53. The summed E-state index contributed by atoms with van der Waals surface area (Å²) in [6, 6.07) is 15.1. The third kappa shape index (κ3) is 4.13. The van der Waals surface area contributed by atoms with Crippen LogP contribution in [0.1, 0.15) is 17.4 Å². The highest BCUT2D eigenvalue weighted by atomic mass is 16.5. The van der Waals surface area contributed by atoms with Crippen LogP contribution in [0.15, 0.2) is 48.5 Å². The van der Waals surface area contributed by atoms with E-state index in [0.29, 0.717) is 5.69 Å². The molecule has 1 amide bonds. The van der Waals surface area contributed by atoms with Crippen LogP contribution in [0.2, 0.25) is 0 Å². The van der Waals surface area contributed by atoms with Crippen molar-refractivity contribution in [1.82, 2.24) is 9.88 Å². The van der Waals surface area contributed by atoms with E-state index in [9.17, 15) is 9.59 Å². The lowest BCUT2D eigenvalue weighted by Gasteiger charge is -2.38. The molecular formula is C24H28N4O4. The quantitative estimate of drug-likeness (QED) is 0.578. The van der Waals surface area contributed by atoms with Crippen molar-refractivity contribution in [2.45, 2.75) is 13.0 Å². The molecule has 2 heterocycles. The van der Waals surface area contributed by atoms with E-state index in [-0.39, 0.29) is 17.6 Å². The zero-order chi connectivity index (χ0) is 22.7. The first-order valence-electron chi connectivity index (χ1n) is 10.7. The molecule has 8 nitrogen and oxygen atoms in total. The Hall–Kier alpha value is -3.52. The van der Waals surface area contributed by atoms with Crippen LogP contribution in [0.3, 0.4) is 0 Å². The molecule has 0 bridgehead atoms. The number of ether oxygens (including phenoxy) is 2. The predicted octanol–water partition coefficient (Wildman–Crippen LogP) is 3.11. The van der Waals surface area contributed by atoms with Gasteiger partial charge < -0.3 is 24.7 Å². The molecule has 0 saturated carbocycles. The lowest BCUT2D eigenvalue weighted by atomic mass is 10.1. The van der Waals surface area contributed by atoms with Gasteiger partial charge in [0.15, 0.2) is 0 Å². The first-order chi connectivity index (χ1) is 15.5. The molecule has 0 spiro atoms. The minimum atomic E-state index is -0.519. The number of anilines is 2. The first-order valence-corrected chi connectivity index (χ1v) is 10.7. The number of piperazine rings is 1. The van der Waals surface area contributed by atoms with Gasteiger partial charge >= 0.3 is 5.97 Å². The molecule has 32 heavy (non-hydrogen) atoms. The fourth-order valence-electron chi connectivity index (χ4n) is 4.16. The molecule has 1 aliphatic rings. The number of aromatic amines is 1. The molecule has 1 saturated heterocycles. The second-order valence-electron chi connectivity index (χ2n) is 7.77. The van der Waals surface area contributed by atoms with Gasteiger partial charge in [-0.3, -0.25) is 9.69 Å². The number of para-hydroxylation sites is 3. The maximum Gasteiger partial charge on any atom is 0.356 e.